The average molecular weight is 341 g/mol. The summed E-state index contributed by atoms with van der Waals surface area (Å²) in [4.78, 5) is 15.5. The third-order valence-corrected chi connectivity index (χ3v) is 3.32. The second-order valence-electron chi connectivity index (χ2n) is 5.07. The van der Waals surface area contributed by atoms with Crippen molar-refractivity contribution in [2.75, 3.05) is 11.9 Å². The average Bonchev–Trinajstić information content (AvgIpc) is 2.52. The summed E-state index contributed by atoms with van der Waals surface area (Å²) >= 11 is 0. The number of rotatable bonds is 5. The van der Waals surface area contributed by atoms with Crippen LogP contribution in [-0.2, 0) is 4.79 Å². The zero-order valence-corrected chi connectivity index (χ0v) is 12.7. The number of pyridine rings is 1. The normalized spacial score (nSPS) is 12.7. The van der Waals surface area contributed by atoms with E-state index in [4.69, 9.17) is 0 Å². The second-order valence-corrected chi connectivity index (χ2v) is 5.07. The van der Waals surface area contributed by atoms with Gasteiger partial charge in [-0.1, -0.05) is 12.1 Å². The zero-order valence-electron chi connectivity index (χ0n) is 12.7. The van der Waals surface area contributed by atoms with Gasteiger partial charge in [-0.05, 0) is 31.2 Å². The molecule has 1 heterocycles. The number of carbonyl (C=O) groups is 1. The molecule has 24 heavy (non-hydrogen) atoms. The van der Waals surface area contributed by atoms with Crippen LogP contribution in [-0.4, -0.2) is 23.6 Å². The Labute approximate surface area is 135 Å². The van der Waals surface area contributed by atoms with Crippen LogP contribution in [0, 0.1) is 12.7 Å². The number of aromatic nitrogens is 1. The molecule has 128 valence electrons. The number of anilines is 1. The predicted molar refractivity (Wildman–Crippen MR) is 80.8 cm³/mol. The van der Waals surface area contributed by atoms with E-state index in [1.165, 1.54) is 49.5 Å². The minimum absolute atomic E-state index is 0.211. The van der Waals surface area contributed by atoms with E-state index in [2.05, 4.69) is 15.6 Å². The molecule has 2 rings (SSSR count). The van der Waals surface area contributed by atoms with E-state index < -0.39 is 30.5 Å². The smallest absolute Gasteiger partial charge is 0.325 e. The molecule has 0 aliphatic heterocycles. The van der Waals surface area contributed by atoms with Gasteiger partial charge in [0.05, 0.1) is 12.2 Å². The van der Waals surface area contributed by atoms with E-state index in [-0.39, 0.29) is 16.9 Å². The molecule has 0 spiro atoms. The monoisotopic (exact) mass is 341 g/mol. The van der Waals surface area contributed by atoms with Crippen molar-refractivity contribution in [2.24, 2.45) is 0 Å². The molecular formula is C16H15F4N3O. The minimum atomic E-state index is -4.61. The van der Waals surface area contributed by atoms with Gasteiger partial charge in [0.2, 0.25) is 5.91 Å². The number of alkyl halides is 3. The third-order valence-electron chi connectivity index (χ3n) is 3.32. The molecule has 0 unspecified atom stereocenters. The maximum absolute atomic E-state index is 13.4. The van der Waals surface area contributed by atoms with Gasteiger partial charge in [-0.3, -0.25) is 15.1 Å². The lowest BCUT2D eigenvalue weighted by Gasteiger charge is -2.21. The third kappa shape index (κ3) is 4.51. The summed E-state index contributed by atoms with van der Waals surface area (Å²) in [6.45, 7) is 0.863. The van der Waals surface area contributed by atoms with Crippen molar-refractivity contribution in [1.82, 2.24) is 10.3 Å². The summed E-state index contributed by atoms with van der Waals surface area (Å²) in [5.74, 6) is -1.23. The van der Waals surface area contributed by atoms with Crippen LogP contribution in [0.3, 0.4) is 0 Å². The Morgan fingerprint density at radius 1 is 1.21 bits per heavy atom. The Bertz CT molecular complexity index is 704. The van der Waals surface area contributed by atoms with Gasteiger partial charge in [0.15, 0.2) is 0 Å². The molecule has 0 fully saturated rings. The van der Waals surface area contributed by atoms with Gasteiger partial charge in [-0.2, -0.15) is 13.2 Å². The first-order valence-corrected chi connectivity index (χ1v) is 7.05. The molecule has 0 radical (unpaired) electrons. The minimum Gasteiger partial charge on any atom is -0.325 e. The van der Waals surface area contributed by atoms with Crippen molar-refractivity contribution >= 4 is 11.6 Å². The fourth-order valence-corrected chi connectivity index (χ4v) is 2.07. The van der Waals surface area contributed by atoms with E-state index in [1.807, 2.05) is 0 Å². The maximum Gasteiger partial charge on any atom is 0.409 e. The molecule has 0 saturated carbocycles. The van der Waals surface area contributed by atoms with Gasteiger partial charge in [0.1, 0.15) is 11.9 Å². The fourth-order valence-electron chi connectivity index (χ4n) is 2.07. The first-order valence-electron chi connectivity index (χ1n) is 7.05. The summed E-state index contributed by atoms with van der Waals surface area (Å²) < 4.78 is 52.7. The van der Waals surface area contributed by atoms with Gasteiger partial charge in [-0.15, -0.1) is 0 Å². The SMILES string of the molecule is Cc1c(F)cccc1NC(=O)CN[C@H](c1ccccn1)C(F)(F)F. The highest BCUT2D eigenvalue weighted by molar-refractivity contribution is 5.93. The molecule has 2 N–H and O–H groups in total. The van der Waals surface area contributed by atoms with Gasteiger partial charge >= 0.3 is 6.18 Å². The lowest BCUT2D eigenvalue weighted by atomic mass is 10.1. The number of nitrogens with zero attached hydrogens (tertiary/aromatic N) is 1. The summed E-state index contributed by atoms with van der Waals surface area (Å²) in [6.07, 6.45) is -3.37. The van der Waals surface area contributed by atoms with E-state index >= 15 is 0 Å². The molecule has 0 bridgehead atoms. The Balaban J connectivity index is 2.04. The van der Waals surface area contributed by atoms with Crippen molar-refractivity contribution in [3.8, 4) is 0 Å². The molecule has 8 heteroatoms. The largest absolute Gasteiger partial charge is 0.409 e. The van der Waals surface area contributed by atoms with Crippen molar-refractivity contribution in [3.05, 3.63) is 59.7 Å². The quantitative estimate of drug-likeness (QED) is 0.820. The topological polar surface area (TPSA) is 54.0 Å². The van der Waals surface area contributed by atoms with Crippen molar-refractivity contribution in [3.63, 3.8) is 0 Å². The lowest BCUT2D eigenvalue weighted by Crippen LogP contribution is -2.39. The molecule has 1 amide bonds. The number of amides is 1. The first kappa shape index (κ1) is 17.9. The fraction of sp³-hybridized carbons (Fsp3) is 0.250. The van der Waals surface area contributed by atoms with Crippen LogP contribution in [0.5, 0.6) is 0 Å². The van der Waals surface area contributed by atoms with Crippen LogP contribution >= 0.6 is 0 Å². The van der Waals surface area contributed by atoms with Gasteiger partial charge in [0.25, 0.3) is 0 Å². The Morgan fingerprint density at radius 2 is 1.96 bits per heavy atom. The number of nitrogens with one attached hydrogen (secondary N) is 2. The van der Waals surface area contributed by atoms with Crippen LogP contribution in [0.2, 0.25) is 0 Å². The zero-order chi connectivity index (χ0) is 17.7. The number of hydrogen-bond acceptors (Lipinski definition) is 3. The number of carbonyl (C=O) groups excluding carboxylic acids is 1. The summed E-state index contributed by atoms with van der Waals surface area (Å²) in [6, 6.07) is 6.17. The Kier molecular flexibility index (Phi) is 5.50. The van der Waals surface area contributed by atoms with Gasteiger partial charge in [-0.25, -0.2) is 4.39 Å². The van der Waals surface area contributed by atoms with Gasteiger partial charge in [0, 0.05) is 17.4 Å². The predicted octanol–water partition coefficient (Wildman–Crippen LogP) is 3.36. The Morgan fingerprint density at radius 3 is 2.58 bits per heavy atom. The van der Waals surface area contributed by atoms with Crippen LogP contribution in [0.15, 0.2) is 42.6 Å². The highest BCUT2D eigenvalue weighted by Crippen LogP contribution is 2.31. The highest BCUT2D eigenvalue weighted by atomic mass is 19.4. The molecule has 0 saturated heterocycles. The van der Waals surface area contributed by atoms with Crippen LogP contribution in [0.1, 0.15) is 17.3 Å². The molecule has 0 aliphatic carbocycles. The number of hydrogen-bond donors (Lipinski definition) is 2. The molecule has 2 aromatic rings. The lowest BCUT2D eigenvalue weighted by molar-refractivity contribution is -0.158. The van der Waals surface area contributed by atoms with E-state index in [0.29, 0.717) is 0 Å². The first-order chi connectivity index (χ1) is 11.3. The second kappa shape index (κ2) is 7.39. The van der Waals surface area contributed by atoms with E-state index in [0.717, 1.165) is 0 Å². The summed E-state index contributed by atoms with van der Waals surface area (Å²) in [7, 11) is 0. The number of benzene rings is 1. The van der Waals surface area contributed by atoms with Gasteiger partial charge < -0.3 is 5.32 Å². The molecule has 1 aromatic carbocycles. The van der Waals surface area contributed by atoms with Crippen molar-refractivity contribution in [2.45, 2.75) is 19.1 Å². The molecular weight excluding hydrogens is 326 g/mol. The molecule has 0 aliphatic rings. The Hall–Kier alpha value is -2.48. The van der Waals surface area contributed by atoms with Crippen LogP contribution in [0.25, 0.3) is 0 Å². The van der Waals surface area contributed by atoms with E-state index in [1.54, 1.807) is 0 Å². The summed E-state index contributed by atoms with van der Waals surface area (Å²) in [5.41, 5.74) is 0.186. The maximum atomic E-state index is 13.4. The highest BCUT2D eigenvalue weighted by Gasteiger charge is 2.41. The molecule has 1 atom stereocenters. The standard InChI is InChI=1S/C16H15F4N3O/c1-10-11(17)5-4-7-12(10)23-14(24)9-22-15(16(18,19)20)13-6-2-3-8-21-13/h2-8,15,22H,9H2,1H3,(H,23,24)/t15-/m1/s1. The van der Waals surface area contributed by atoms with Crippen molar-refractivity contribution < 1.29 is 22.4 Å². The summed E-state index contributed by atoms with van der Waals surface area (Å²) in [5, 5.41) is 4.52. The van der Waals surface area contributed by atoms with Crippen LogP contribution in [0.4, 0.5) is 23.2 Å². The van der Waals surface area contributed by atoms with E-state index in [9.17, 15) is 22.4 Å². The molecule has 4 nitrogen and oxygen atoms in total. The molecule has 1 aromatic heterocycles. The van der Waals surface area contributed by atoms with Crippen LogP contribution < -0.4 is 10.6 Å². The van der Waals surface area contributed by atoms with Crippen molar-refractivity contribution in [1.29, 1.82) is 0 Å². The number of halogens is 4.